The van der Waals surface area contributed by atoms with Gasteiger partial charge in [0.1, 0.15) is 18.2 Å². The summed E-state index contributed by atoms with van der Waals surface area (Å²) in [5.41, 5.74) is 0.467. The van der Waals surface area contributed by atoms with Gasteiger partial charge in [0.25, 0.3) is 0 Å². The highest BCUT2D eigenvalue weighted by atomic mass is 14.3. The summed E-state index contributed by atoms with van der Waals surface area (Å²) in [5.74, 6) is 0. The van der Waals surface area contributed by atoms with Gasteiger partial charge in [-0.15, -0.1) is 0 Å². The molecule has 0 amide bonds. The van der Waals surface area contributed by atoms with Crippen LogP contribution in [0.1, 0.15) is 16.7 Å². The summed E-state index contributed by atoms with van der Waals surface area (Å²) in [6, 6.07) is 15.7. The smallest absolute Gasteiger partial charge is 0.102 e. The van der Waals surface area contributed by atoms with Gasteiger partial charge in [0.2, 0.25) is 0 Å². The topological polar surface area (TPSA) is 71.4 Å². The minimum atomic E-state index is 0.101. The minimum absolute atomic E-state index is 0.101. The van der Waals surface area contributed by atoms with E-state index < -0.39 is 0 Å². The number of hydrogen-bond donors (Lipinski definition) is 0. The van der Waals surface area contributed by atoms with Crippen LogP contribution < -0.4 is 0 Å². The Morgan fingerprint density at radius 3 is 2.19 bits per heavy atom. The van der Waals surface area contributed by atoms with Gasteiger partial charge in [0, 0.05) is 11.5 Å². The average molecular weight is 202 g/mol. The third-order valence-electron chi connectivity index (χ3n) is 2.29. The maximum Gasteiger partial charge on any atom is 0.102 e. The van der Waals surface area contributed by atoms with Crippen molar-refractivity contribution < 1.29 is 0 Å². The summed E-state index contributed by atoms with van der Waals surface area (Å²) in [7, 11) is 0. The lowest BCUT2D eigenvalue weighted by Crippen LogP contribution is -1.92. The molecule has 0 aliphatic carbocycles. The number of nitriles is 3. The highest BCUT2D eigenvalue weighted by Gasteiger charge is 2.12. The molecule has 71 valence electrons. The molecule has 0 saturated heterocycles. The molecule has 0 bridgehead atoms. The Balaban J connectivity index is 3.04. The Bertz CT molecular complexity index is 694. The van der Waals surface area contributed by atoms with Crippen molar-refractivity contribution in [3.63, 3.8) is 0 Å². The molecule has 1 radical (unpaired) electrons. The summed E-state index contributed by atoms with van der Waals surface area (Å²) in [6.07, 6.45) is 0. The van der Waals surface area contributed by atoms with Crippen molar-refractivity contribution in [3.05, 3.63) is 47.0 Å². The molecular formula is C13H4N3. The monoisotopic (exact) mass is 202 g/mol. The zero-order valence-corrected chi connectivity index (χ0v) is 8.15. The minimum Gasteiger partial charge on any atom is -0.192 e. The largest absolute Gasteiger partial charge is 0.192 e. The SMILES string of the molecule is N#Cc1[c]c2ccccc2c(C#N)c1C#N. The maximum absolute atomic E-state index is 9.04. The molecule has 0 aliphatic rings. The van der Waals surface area contributed by atoms with Crippen molar-refractivity contribution in [1.29, 1.82) is 15.8 Å². The summed E-state index contributed by atoms with van der Waals surface area (Å²) in [5, 5.41) is 28.2. The third-order valence-corrected chi connectivity index (χ3v) is 2.29. The molecule has 0 atom stereocenters. The van der Waals surface area contributed by atoms with Crippen molar-refractivity contribution in [2.75, 3.05) is 0 Å². The summed E-state index contributed by atoms with van der Waals surface area (Å²) >= 11 is 0. The number of rotatable bonds is 0. The molecule has 3 nitrogen and oxygen atoms in total. The number of hydrogen-bond acceptors (Lipinski definition) is 3. The van der Waals surface area contributed by atoms with Gasteiger partial charge in [-0.25, -0.2) is 0 Å². The quantitative estimate of drug-likeness (QED) is 0.657. The molecule has 0 aromatic heterocycles. The van der Waals surface area contributed by atoms with Gasteiger partial charge in [-0.05, 0) is 5.39 Å². The molecule has 0 saturated carbocycles. The van der Waals surface area contributed by atoms with Gasteiger partial charge in [-0.1, -0.05) is 24.3 Å². The Kier molecular flexibility index (Phi) is 2.27. The predicted molar refractivity (Wildman–Crippen MR) is 56.9 cm³/mol. The van der Waals surface area contributed by atoms with E-state index in [1.54, 1.807) is 24.3 Å². The zero-order chi connectivity index (χ0) is 11.5. The molecule has 0 fully saturated rings. The number of benzene rings is 2. The fourth-order valence-electron chi connectivity index (χ4n) is 1.58. The van der Waals surface area contributed by atoms with E-state index in [9.17, 15) is 0 Å². The molecule has 2 aromatic carbocycles. The fourth-order valence-corrected chi connectivity index (χ4v) is 1.58. The van der Waals surface area contributed by atoms with E-state index in [2.05, 4.69) is 6.07 Å². The highest BCUT2D eigenvalue weighted by Crippen LogP contribution is 2.24. The number of fused-ring (bicyclic) bond motifs is 1. The van der Waals surface area contributed by atoms with Crippen molar-refractivity contribution in [2.24, 2.45) is 0 Å². The van der Waals surface area contributed by atoms with Crippen LogP contribution in [0.5, 0.6) is 0 Å². The van der Waals surface area contributed by atoms with Crippen LogP contribution in [0.15, 0.2) is 24.3 Å². The van der Waals surface area contributed by atoms with Crippen molar-refractivity contribution >= 4 is 10.8 Å². The van der Waals surface area contributed by atoms with E-state index in [1.807, 2.05) is 18.2 Å². The van der Waals surface area contributed by atoms with E-state index in [4.69, 9.17) is 15.8 Å². The second-order valence-electron chi connectivity index (χ2n) is 3.13. The summed E-state index contributed by atoms with van der Waals surface area (Å²) < 4.78 is 0. The lowest BCUT2D eigenvalue weighted by atomic mass is 9.96. The first-order valence-corrected chi connectivity index (χ1v) is 4.50. The zero-order valence-electron chi connectivity index (χ0n) is 8.15. The van der Waals surface area contributed by atoms with E-state index in [-0.39, 0.29) is 16.7 Å². The summed E-state index contributed by atoms with van der Waals surface area (Å²) in [6.45, 7) is 0. The average Bonchev–Trinajstić information content (AvgIpc) is 2.36. The van der Waals surface area contributed by atoms with E-state index in [0.29, 0.717) is 10.8 Å². The van der Waals surface area contributed by atoms with Gasteiger partial charge in [-0.3, -0.25) is 0 Å². The molecule has 0 spiro atoms. The highest BCUT2D eigenvalue weighted by molar-refractivity contribution is 5.91. The second-order valence-corrected chi connectivity index (χ2v) is 3.13. The van der Waals surface area contributed by atoms with Crippen LogP contribution in [0.2, 0.25) is 0 Å². The molecule has 0 aliphatic heterocycles. The Morgan fingerprint density at radius 2 is 1.56 bits per heavy atom. The van der Waals surface area contributed by atoms with Crippen LogP contribution in [-0.2, 0) is 0 Å². The Labute approximate surface area is 92.4 Å². The molecular weight excluding hydrogens is 198 g/mol. The van der Waals surface area contributed by atoms with Crippen LogP contribution >= 0.6 is 0 Å². The lowest BCUT2D eigenvalue weighted by molar-refractivity contribution is 1.41. The van der Waals surface area contributed by atoms with Gasteiger partial charge in [0.05, 0.1) is 16.7 Å². The molecule has 0 unspecified atom stereocenters. The molecule has 2 rings (SSSR count). The van der Waals surface area contributed by atoms with Crippen molar-refractivity contribution in [3.8, 4) is 18.2 Å². The van der Waals surface area contributed by atoms with Crippen molar-refractivity contribution in [2.45, 2.75) is 0 Å². The molecule has 0 heterocycles. The molecule has 16 heavy (non-hydrogen) atoms. The van der Waals surface area contributed by atoms with Gasteiger partial charge >= 0.3 is 0 Å². The van der Waals surface area contributed by atoms with E-state index >= 15 is 0 Å². The Hall–Kier alpha value is -2.83. The van der Waals surface area contributed by atoms with Crippen LogP contribution in [0.4, 0.5) is 0 Å². The van der Waals surface area contributed by atoms with E-state index in [1.165, 1.54) is 0 Å². The first-order valence-electron chi connectivity index (χ1n) is 4.50. The molecule has 2 aromatic rings. The summed E-state index contributed by atoms with van der Waals surface area (Å²) in [4.78, 5) is 0. The van der Waals surface area contributed by atoms with E-state index in [0.717, 1.165) is 0 Å². The third kappa shape index (κ3) is 1.27. The first-order chi connectivity index (χ1) is 7.81. The Morgan fingerprint density at radius 1 is 0.875 bits per heavy atom. The van der Waals surface area contributed by atoms with Crippen LogP contribution in [-0.4, -0.2) is 0 Å². The number of nitrogens with zero attached hydrogens (tertiary/aromatic N) is 3. The maximum atomic E-state index is 9.04. The lowest BCUT2D eigenvalue weighted by Gasteiger charge is -2.02. The first kappa shape index (κ1) is 9.71. The molecule has 0 N–H and O–H groups in total. The van der Waals surface area contributed by atoms with Gasteiger partial charge in [0.15, 0.2) is 0 Å². The van der Waals surface area contributed by atoms with Gasteiger partial charge in [-0.2, -0.15) is 15.8 Å². The normalized spacial score (nSPS) is 9.06. The van der Waals surface area contributed by atoms with Crippen molar-refractivity contribution in [1.82, 2.24) is 0 Å². The van der Waals surface area contributed by atoms with Crippen LogP contribution in [0, 0.1) is 40.1 Å². The van der Waals surface area contributed by atoms with Crippen LogP contribution in [0.25, 0.3) is 10.8 Å². The predicted octanol–water partition coefficient (Wildman–Crippen LogP) is 2.26. The van der Waals surface area contributed by atoms with Gasteiger partial charge < -0.3 is 0 Å². The van der Waals surface area contributed by atoms with Crippen LogP contribution in [0.3, 0.4) is 0 Å². The standard InChI is InChI=1S/C13H4N3/c14-6-10-5-9-3-1-2-4-11(9)13(8-16)12(10)7-15/h1-4H. The fraction of sp³-hybridized carbons (Fsp3) is 0. The second kappa shape index (κ2) is 3.73. The molecule has 3 heteroatoms.